The maximum atomic E-state index is 13.1. The van der Waals surface area contributed by atoms with Gasteiger partial charge < -0.3 is 4.23 Å². The number of nitrogens with zero attached hydrogens (tertiary/aromatic N) is 1. The number of aromatic nitrogens is 1. The SMILES string of the molecule is CC(C)[Si](C(C)C)(C(C)C)n1cccc1-c1cccc(C(F)(F)F)c1. The van der Waals surface area contributed by atoms with Crippen LogP contribution in [-0.4, -0.2) is 12.5 Å². The van der Waals surface area contributed by atoms with E-state index in [1.807, 2.05) is 12.1 Å². The van der Waals surface area contributed by atoms with Gasteiger partial charge in [-0.05, 0) is 52.6 Å². The van der Waals surface area contributed by atoms with Crippen LogP contribution >= 0.6 is 0 Å². The molecule has 1 aromatic carbocycles. The molecular weight excluding hydrogens is 339 g/mol. The van der Waals surface area contributed by atoms with Crippen molar-refractivity contribution in [1.82, 2.24) is 4.23 Å². The van der Waals surface area contributed by atoms with Gasteiger partial charge in [0.2, 0.25) is 0 Å². The molecule has 5 heteroatoms. The normalized spacial score (nSPS) is 13.3. The standard InChI is InChI=1S/C20H28F3NSi/c1-14(2)25(15(3)4,16(5)6)24-12-8-11-19(24)17-9-7-10-18(13-17)20(21,22)23/h7-16H,1-6H3. The second kappa shape index (κ2) is 7.02. The van der Waals surface area contributed by atoms with Gasteiger partial charge in [0.15, 0.2) is 8.24 Å². The molecule has 0 aliphatic heterocycles. The molecule has 0 amide bonds. The van der Waals surface area contributed by atoms with Gasteiger partial charge in [-0.2, -0.15) is 13.2 Å². The van der Waals surface area contributed by atoms with Crippen molar-refractivity contribution in [3.05, 3.63) is 48.2 Å². The molecule has 0 fully saturated rings. The van der Waals surface area contributed by atoms with Gasteiger partial charge in [0.1, 0.15) is 0 Å². The Morgan fingerprint density at radius 3 is 1.88 bits per heavy atom. The maximum absolute atomic E-state index is 13.1. The molecule has 1 aromatic heterocycles. The van der Waals surface area contributed by atoms with E-state index in [0.717, 1.165) is 11.8 Å². The predicted octanol–water partition coefficient (Wildman–Crippen LogP) is 7.20. The Balaban J connectivity index is 2.68. The summed E-state index contributed by atoms with van der Waals surface area (Å²) in [5.41, 5.74) is 2.37. The largest absolute Gasteiger partial charge is 0.416 e. The average Bonchev–Trinajstić information content (AvgIpc) is 2.95. The minimum atomic E-state index is -4.32. The monoisotopic (exact) mass is 367 g/mol. The van der Waals surface area contributed by atoms with Crippen LogP contribution in [0.5, 0.6) is 0 Å². The molecule has 2 aromatic rings. The van der Waals surface area contributed by atoms with Crippen LogP contribution in [0.3, 0.4) is 0 Å². The van der Waals surface area contributed by atoms with E-state index in [1.165, 1.54) is 12.1 Å². The quantitative estimate of drug-likeness (QED) is 0.493. The summed E-state index contributed by atoms with van der Waals surface area (Å²) < 4.78 is 41.7. The summed E-state index contributed by atoms with van der Waals surface area (Å²) in [5.74, 6) is 0. The van der Waals surface area contributed by atoms with E-state index in [9.17, 15) is 13.2 Å². The van der Waals surface area contributed by atoms with Crippen LogP contribution in [0.15, 0.2) is 42.6 Å². The highest BCUT2D eigenvalue weighted by atomic mass is 28.3. The van der Waals surface area contributed by atoms with Gasteiger partial charge in [-0.15, -0.1) is 0 Å². The second-order valence-electron chi connectivity index (χ2n) is 7.69. The molecule has 0 aliphatic carbocycles. The molecule has 0 atom stereocenters. The van der Waals surface area contributed by atoms with Crippen LogP contribution in [0.2, 0.25) is 16.6 Å². The number of rotatable bonds is 5. The highest BCUT2D eigenvalue weighted by molar-refractivity contribution is 6.82. The molecular formula is C20H28F3NSi. The molecule has 25 heavy (non-hydrogen) atoms. The van der Waals surface area contributed by atoms with Gasteiger partial charge in [-0.25, -0.2) is 0 Å². The van der Waals surface area contributed by atoms with Crippen LogP contribution in [0, 0.1) is 0 Å². The number of alkyl halides is 3. The highest BCUT2D eigenvalue weighted by Crippen LogP contribution is 2.45. The summed E-state index contributed by atoms with van der Waals surface area (Å²) in [7, 11) is -2.01. The first-order valence-electron chi connectivity index (χ1n) is 8.88. The van der Waals surface area contributed by atoms with Crippen LogP contribution < -0.4 is 0 Å². The van der Waals surface area contributed by atoms with Crippen molar-refractivity contribution < 1.29 is 13.2 Å². The lowest BCUT2D eigenvalue weighted by Crippen LogP contribution is -2.51. The fourth-order valence-corrected chi connectivity index (χ4v) is 11.3. The zero-order chi connectivity index (χ0) is 19.0. The van der Waals surface area contributed by atoms with Crippen LogP contribution in [0.1, 0.15) is 47.1 Å². The van der Waals surface area contributed by atoms with E-state index in [4.69, 9.17) is 0 Å². The number of hydrogen-bond donors (Lipinski definition) is 0. The van der Waals surface area contributed by atoms with E-state index < -0.39 is 20.0 Å². The van der Waals surface area contributed by atoms with Gasteiger partial charge in [0.25, 0.3) is 0 Å². The Labute approximate surface area is 150 Å². The van der Waals surface area contributed by atoms with Crippen molar-refractivity contribution in [2.45, 2.75) is 64.3 Å². The number of halogens is 3. The van der Waals surface area contributed by atoms with E-state index >= 15 is 0 Å². The maximum Gasteiger partial charge on any atom is 0.416 e. The minimum absolute atomic E-state index is 0.476. The Kier molecular flexibility index (Phi) is 5.57. The zero-order valence-corrected chi connectivity index (χ0v) is 16.9. The molecule has 0 spiro atoms. The summed E-state index contributed by atoms with van der Waals surface area (Å²) in [6.45, 7) is 13.5. The van der Waals surface area contributed by atoms with Crippen LogP contribution in [-0.2, 0) is 6.18 Å². The Hall–Kier alpha value is -1.49. The smallest absolute Gasteiger partial charge is 0.373 e. The third-order valence-corrected chi connectivity index (χ3v) is 12.2. The molecule has 138 valence electrons. The molecule has 1 nitrogen and oxygen atoms in total. The molecule has 0 bridgehead atoms. The molecule has 0 N–H and O–H groups in total. The lowest BCUT2D eigenvalue weighted by atomic mass is 10.1. The fraction of sp³-hybridized carbons (Fsp3) is 0.500. The van der Waals surface area contributed by atoms with Gasteiger partial charge in [-0.3, -0.25) is 0 Å². The third kappa shape index (κ3) is 3.43. The predicted molar refractivity (Wildman–Crippen MR) is 101 cm³/mol. The van der Waals surface area contributed by atoms with Crippen molar-refractivity contribution in [3.63, 3.8) is 0 Å². The van der Waals surface area contributed by atoms with Crippen molar-refractivity contribution in [3.8, 4) is 11.3 Å². The van der Waals surface area contributed by atoms with Gasteiger partial charge in [-0.1, -0.05) is 53.7 Å². The first-order valence-corrected chi connectivity index (χ1v) is 11.1. The Morgan fingerprint density at radius 1 is 0.840 bits per heavy atom. The average molecular weight is 368 g/mol. The van der Waals surface area contributed by atoms with Crippen LogP contribution in [0.4, 0.5) is 13.2 Å². The summed E-state index contributed by atoms with van der Waals surface area (Å²) >= 11 is 0. The van der Waals surface area contributed by atoms with E-state index in [1.54, 1.807) is 6.07 Å². The molecule has 0 unspecified atom stereocenters. The van der Waals surface area contributed by atoms with Crippen LogP contribution in [0.25, 0.3) is 11.3 Å². The topological polar surface area (TPSA) is 4.93 Å². The lowest BCUT2D eigenvalue weighted by molar-refractivity contribution is -0.137. The number of benzene rings is 1. The summed E-state index contributed by atoms with van der Waals surface area (Å²) in [5, 5.41) is 0. The number of hydrogen-bond acceptors (Lipinski definition) is 0. The zero-order valence-electron chi connectivity index (χ0n) is 15.9. The highest BCUT2D eigenvalue weighted by Gasteiger charge is 2.46. The van der Waals surface area contributed by atoms with Crippen molar-refractivity contribution in [2.24, 2.45) is 0 Å². The first kappa shape index (κ1) is 19.8. The molecule has 1 heterocycles. The van der Waals surface area contributed by atoms with E-state index in [0.29, 0.717) is 22.2 Å². The minimum Gasteiger partial charge on any atom is -0.373 e. The first-order chi connectivity index (χ1) is 11.5. The molecule has 0 saturated heterocycles. The summed E-state index contributed by atoms with van der Waals surface area (Å²) in [6, 6.07) is 9.59. The lowest BCUT2D eigenvalue weighted by Gasteiger charge is -2.45. The van der Waals surface area contributed by atoms with Gasteiger partial charge in [0, 0.05) is 5.69 Å². The Morgan fingerprint density at radius 2 is 1.40 bits per heavy atom. The molecule has 0 radical (unpaired) electrons. The summed E-state index contributed by atoms with van der Waals surface area (Å²) in [6.07, 6.45) is -2.25. The molecule has 2 rings (SSSR count). The summed E-state index contributed by atoms with van der Waals surface area (Å²) in [4.78, 5) is 0. The second-order valence-corrected chi connectivity index (χ2v) is 13.4. The molecule has 0 aliphatic rings. The van der Waals surface area contributed by atoms with Crippen molar-refractivity contribution in [1.29, 1.82) is 0 Å². The van der Waals surface area contributed by atoms with E-state index in [2.05, 4.69) is 52.0 Å². The third-order valence-electron chi connectivity index (χ3n) is 5.43. The van der Waals surface area contributed by atoms with E-state index in [-0.39, 0.29) is 0 Å². The fourth-order valence-electron chi connectivity index (χ4n) is 4.64. The van der Waals surface area contributed by atoms with Gasteiger partial charge in [0.05, 0.1) is 5.56 Å². The van der Waals surface area contributed by atoms with Crippen molar-refractivity contribution >= 4 is 8.24 Å². The molecule has 0 saturated carbocycles. The Bertz CT molecular complexity index is 692. The van der Waals surface area contributed by atoms with Crippen molar-refractivity contribution in [2.75, 3.05) is 0 Å². The van der Waals surface area contributed by atoms with Gasteiger partial charge >= 0.3 is 6.18 Å².